The smallest absolute Gasteiger partial charge is 0.253 e. The maximum absolute atomic E-state index is 12.6. The van der Waals surface area contributed by atoms with Crippen molar-refractivity contribution in [2.75, 3.05) is 25.9 Å². The quantitative estimate of drug-likeness (QED) is 0.886. The molecule has 2 aromatic rings. The topological polar surface area (TPSA) is 55.6 Å². The third-order valence-corrected chi connectivity index (χ3v) is 4.59. The molecule has 23 heavy (non-hydrogen) atoms. The van der Waals surface area contributed by atoms with Crippen LogP contribution in [0.3, 0.4) is 0 Å². The third kappa shape index (κ3) is 3.16. The van der Waals surface area contributed by atoms with Gasteiger partial charge in [0, 0.05) is 30.3 Å². The number of carbonyl (C=O) groups is 1. The van der Waals surface area contributed by atoms with E-state index in [1.807, 2.05) is 36.1 Å². The number of aryl methyl sites for hydroxylation is 1. The number of nitrogens with zero attached hydrogens (tertiary/aromatic N) is 1. The fourth-order valence-corrected chi connectivity index (χ4v) is 3.05. The van der Waals surface area contributed by atoms with Gasteiger partial charge in [0.05, 0.1) is 7.11 Å². The average molecular weight is 310 g/mol. The standard InChI is InChI=1S/C19H22N2O2/c1-13-3-4-15(11-18(13)20)19(22)21-10-9-16(12-21)14-5-7-17(23-2)8-6-14/h3-8,11,16H,9-10,12,20H2,1-2H3/t16-/m0/s1. The second-order valence-electron chi connectivity index (χ2n) is 6.08. The van der Waals surface area contributed by atoms with E-state index in [1.165, 1.54) is 5.56 Å². The van der Waals surface area contributed by atoms with Gasteiger partial charge in [0.2, 0.25) is 0 Å². The second-order valence-corrected chi connectivity index (χ2v) is 6.08. The monoisotopic (exact) mass is 310 g/mol. The van der Waals surface area contributed by atoms with E-state index in [0.717, 1.165) is 30.8 Å². The highest BCUT2D eigenvalue weighted by molar-refractivity contribution is 5.95. The van der Waals surface area contributed by atoms with E-state index < -0.39 is 0 Å². The lowest BCUT2D eigenvalue weighted by Crippen LogP contribution is -2.28. The summed E-state index contributed by atoms with van der Waals surface area (Å²) in [5.41, 5.74) is 9.51. The predicted molar refractivity (Wildman–Crippen MR) is 91.8 cm³/mol. The van der Waals surface area contributed by atoms with Crippen molar-refractivity contribution < 1.29 is 9.53 Å². The molecule has 1 aliphatic rings. The SMILES string of the molecule is COc1ccc([C@H]2CCN(C(=O)c3ccc(C)c(N)c3)C2)cc1. The molecule has 0 aromatic heterocycles. The van der Waals surface area contributed by atoms with Crippen LogP contribution in [0, 0.1) is 6.92 Å². The molecule has 1 heterocycles. The molecule has 1 amide bonds. The van der Waals surface area contributed by atoms with Gasteiger partial charge < -0.3 is 15.4 Å². The Morgan fingerprint density at radius 2 is 1.96 bits per heavy atom. The molecule has 3 rings (SSSR count). The number of hydrogen-bond acceptors (Lipinski definition) is 3. The zero-order valence-corrected chi connectivity index (χ0v) is 13.6. The first-order valence-corrected chi connectivity index (χ1v) is 7.88. The van der Waals surface area contributed by atoms with Gasteiger partial charge in [-0.2, -0.15) is 0 Å². The number of likely N-dealkylation sites (tertiary alicyclic amines) is 1. The molecule has 4 nitrogen and oxygen atoms in total. The van der Waals surface area contributed by atoms with Crippen LogP contribution in [0.1, 0.15) is 33.8 Å². The predicted octanol–water partition coefficient (Wildman–Crippen LogP) is 3.22. The molecular formula is C19H22N2O2. The Morgan fingerprint density at radius 1 is 1.22 bits per heavy atom. The van der Waals surface area contributed by atoms with Crippen LogP contribution < -0.4 is 10.5 Å². The molecule has 4 heteroatoms. The number of nitrogen functional groups attached to an aromatic ring is 1. The van der Waals surface area contributed by atoms with E-state index in [2.05, 4.69) is 12.1 Å². The minimum Gasteiger partial charge on any atom is -0.497 e. The lowest BCUT2D eigenvalue weighted by atomic mass is 9.98. The van der Waals surface area contributed by atoms with E-state index in [-0.39, 0.29) is 5.91 Å². The van der Waals surface area contributed by atoms with Crippen LogP contribution in [0.15, 0.2) is 42.5 Å². The molecule has 2 aromatic carbocycles. The first-order chi connectivity index (χ1) is 11.1. The van der Waals surface area contributed by atoms with Crippen LogP contribution in [0.5, 0.6) is 5.75 Å². The molecule has 1 aliphatic heterocycles. The molecule has 1 fully saturated rings. The Balaban J connectivity index is 1.70. The highest BCUT2D eigenvalue weighted by Crippen LogP contribution is 2.29. The highest BCUT2D eigenvalue weighted by atomic mass is 16.5. The zero-order valence-electron chi connectivity index (χ0n) is 13.6. The van der Waals surface area contributed by atoms with Crippen LogP contribution in [0.2, 0.25) is 0 Å². The number of benzene rings is 2. The molecule has 0 radical (unpaired) electrons. The Kier molecular flexibility index (Phi) is 4.24. The summed E-state index contributed by atoms with van der Waals surface area (Å²) in [6.07, 6.45) is 0.986. The van der Waals surface area contributed by atoms with Crippen LogP contribution in [0.25, 0.3) is 0 Å². The van der Waals surface area contributed by atoms with Crippen molar-refractivity contribution in [3.05, 3.63) is 59.2 Å². The van der Waals surface area contributed by atoms with Crippen LogP contribution in [0.4, 0.5) is 5.69 Å². The summed E-state index contributed by atoms with van der Waals surface area (Å²) in [4.78, 5) is 14.6. The maximum Gasteiger partial charge on any atom is 0.253 e. The molecule has 0 bridgehead atoms. The maximum atomic E-state index is 12.6. The van der Waals surface area contributed by atoms with E-state index in [1.54, 1.807) is 13.2 Å². The van der Waals surface area contributed by atoms with Gasteiger partial charge in [-0.1, -0.05) is 18.2 Å². The van der Waals surface area contributed by atoms with Crippen molar-refractivity contribution in [3.63, 3.8) is 0 Å². The lowest BCUT2D eigenvalue weighted by Gasteiger charge is -2.17. The molecule has 0 spiro atoms. The highest BCUT2D eigenvalue weighted by Gasteiger charge is 2.28. The minimum absolute atomic E-state index is 0.0627. The molecule has 2 N–H and O–H groups in total. The van der Waals surface area contributed by atoms with Gasteiger partial charge >= 0.3 is 0 Å². The van der Waals surface area contributed by atoms with E-state index in [0.29, 0.717) is 17.2 Å². The Bertz CT molecular complexity index is 710. The third-order valence-electron chi connectivity index (χ3n) is 4.59. The van der Waals surface area contributed by atoms with Crippen molar-refractivity contribution in [2.45, 2.75) is 19.3 Å². The van der Waals surface area contributed by atoms with Gasteiger partial charge in [-0.05, 0) is 48.7 Å². The largest absolute Gasteiger partial charge is 0.497 e. The molecular weight excluding hydrogens is 288 g/mol. The van der Waals surface area contributed by atoms with Crippen molar-refractivity contribution in [3.8, 4) is 5.75 Å². The number of ether oxygens (including phenoxy) is 1. The van der Waals surface area contributed by atoms with Gasteiger partial charge in [-0.3, -0.25) is 4.79 Å². The van der Waals surface area contributed by atoms with Crippen molar-refractivity contribution >= 4 is 11.6 Å². The minimum atomic E-state index is 0.0627. The summed E-state index contributed by atoms with van der Waals surface area (Å²) in [6.45, 7) is 3.47. The Labute approximate surface area is 136 Å². The summed E-state index contributed by atoms with van der Waals surface area (Å²) in [5, 5.41) is 0. The normalized spacial score (nSPS) is 17.3. The number of hydrogen-bond donors (Lipinski definition) is 1. The van der Waals surface area contributed by atoms with Gasteiger partial charge in [0.25, 0.3) is 5.91 Å². The number of methoxy groups -OCH3 is 1. The molecule has 0 saturated carbocycles. The van der Waals surface area contributed by atoms with Crippen molar-refractivity contribution in [1.29, 1.82) is 0 Å². The first kappa shape index (κ1) is 15.4. The summed E-state index contributed by atoms with van der Waals surface area (Å²) in [5.74, 6) is 1.30. The van der Waals surface area contributed by atoms with Crippen LogP contribution in [-0.2, 0) is 0 Å². The van der Waals surface area contributed by atoms with E-state index >= 15 is 0 Å². The van der Waals surface area contributed by atoms with E-state index in [4.69, 9.17) is 10.5 Å². The molecule has 0 unspecified atom stereocenters. The van der Waals surface area contributed by atoms with Gasteiger partial charge in [-0.25, -0.2) is 0 Å². The van der Waals surface area contributed by atoms with Crippen molar-refractivity contribution in [2.24, 2.45) is 0 Å². The molecule has 0 aliphatic carbocycles. The fourth-order valence-electron chi connectivity index (χ4n) is 3.05. The number of anilines is 1. The Morgan fingerprint density at radius 3 is 2.61 bits per heavy atom. The van der Waals surface area contributed by atoms with Crippen molar-refractivity contribution in [1.82, 2.24) is 4.90 Å². The number of nitrogens with two attached hydrogens (primary N) is 1. The average Bonchev–Trinajstić information content (AvgIpc) is 3.07. The number of amides is 1. The van der Waals surface area contributed by atoms with Gasteiger partial charge in [0.1, 0.15) is 5.75 Å². The van der Waals surface area contributed by atoms with Crippen LogP contribution >= 0.6 is 0 Å². The molecule has 1 atom stereocenters. The number of rotatable bonds is 3. The molecule has 1 saturated heterocycles. The first-order valence-electron chi connectivity index (χ1n) is 7.88. The van der Waals surface area contributed by atoms with Crippen LogP contribution in [-0.4, -0.2) is 31.0 Å². The summed E-state index contributed by atoms with van der Waals surface area (Å²) in [6, 6.07) is 13.6. The van der Waals surface area contributed by atoms with Gasteiger partial charge in [-0.15, -0.1) is 0 Å². The summed E-state index contributed by atoms with van der Waals surface area (Å²) >= 11 is 0. The second kappa shape index (κ2) is 6.32. The summed E-state index contributed by atoms with van der Waals surface area (Å²) < 4.78 is 5.19. The fraction of sp³-hybridized carbons (Fsp3) is 0.316. The number of carbonyl (C=O) groups excluding carboxylic acids is 1. The lowest BCUT2D eigenvalue weighted by molar-refractivity contribution is 0.0791. The zero-order chi connectivity index (χ0) is 16.4. The van der Waals surface area contributed by atoms with Gasteiger partial charge in [0.15, 0.2) is 0 Å². The van der Waals surface area contributed by atoms with E-state index in [9.17, 15) is 4.79 Å². The Hall–Kier alpha value is -2.49. The molecule has 120 valence electrons. The summed E-state index contributed by atoms with van der Waals surface area (Å²) in [7, 11) is 1.66.